The highest BCUT2D eigenvalue weighted by molar-refractivity contribution is 7.84. The number of nitrogens with one attached hydrogen (secondary N) is 2. The molecule has 5 heteroatoms. The number of amides is 1. The summed E-state index contributed by atoms with van der Waals surface area (Å²) in [6, 6.07) is 0. The van der Waals surface area contributed by atoms with Crippen LogP contribution < -0.4 is 10.6 Å². The SMILES string of the molecule is CNC(=O)CCCNCCC(C)S(C)=O. The first-order valence-corrected chi connectivity index (χ1v) is 6.93. The number of carbonyl (C=O) groups excluding carboxylic acids is 1. The molecule has 0 bridgehead atoms. The lowest BCUT2D eigenvalue weighted by molar-refractivity contribution is -0.120. The van der Waals surface area contributed by atoms with E-state index in [4.69, 9.17) is 0 Å². The van der Waals surface area contributed by atoms with Crippen LogP contribution in [-0.4, -0.2) is 41.8 Å². The fourth-order valence-corrected chi connectivity index (χ4v) is 1.55. The van der Waals surface area contributed by atoms with Gasteiger partial charge in [0.1, 0.15) is 0 Å². The fraction of sp³-hybridized carbons (Fsp3) is 0.900. The lowest BCUT2D eigenvalue weighted by Crippen LogP contribution is -2.24. The van der Waals surface area contributed by atoms with Gasteiger partial charge in [0.05, 0.1) is 0 Å². The van der Waals surface area contributed by atoms with Crippen LogP contribution in [0.5, 0.6) is 0 Å². The Bertz CT molecular complexity index is 210. The second-order valence-corrected chi connectivity index (χ2v) is 5.43. The highest BCUT2D eigenvalue weighted by Crippen LogP contribution is 1.97. The average Bonchev–Trinajstić information content (AvgIpc) is 2.22. The summed E-state index contributed by atoms with van der Waals surface area (Å²) in [5.74, 6) is 0.0832. The number of carbonyl (C=O) groups is 1. The molecule has 90 valence electrons. The van der Waals surface area contributed by atoms with Gasteiger partial charge in [0.15, 0.2) is 0 Å². The molecule has 0 rings (SSSR count). The number of hydrogen-bond acceptors (Lipinski definition) is 3. The average molecular weight is 234 g/mol. The first kappa shape index (κ1) is 14.6. The highest BCUT2D eigenvalue weighted by atomic mass is 32.2. The van der Waals surface area contributed by atoms with Crippen LogP contribution in [0, 0.1) is 0 Å². The zero-order chi connectivity index (χ0) is 11.7. The highest BCUT2D eigenvalue weighted by Gasteiger charge is 2.04. The summed E-state index contributed by atoms with van der Waals surface area (Å²) in [5, 5.41) is 6.06. The molecule has 2 atom stereocenters. The molecule has 0 aromatic carbocycles. The third-order valence-corrected chi connectivity index (χ3v) is 3.70. The maximum atomic E-state index is 11.0. The Balaban J connectivity index is 3.25. The van der Waals surface area contributed by atoms with Crippen LogP contribution in [-0.2, 0) is 15.6 Å². The molecule has 0 saturated carbocycles. The molecule has 0 aromatic heterocycles. The molecule has 0 radical (unpaired) electrons. The van der Waals surface area contributed by atoms with Crippen LogP contribution in [0.1, 0.15) is 26.2 Å². The Morgan fingerprint density at radius 1 is 1.40 bits per heavy atom. The van der Waals surface area contributed by atoms with Gasteiger partial charge in [-0.05, 0) is 25.9 Å². The van der Waals surface area contributed by atoms with Crippen molar-refractivity contribution in [3.05, 3.63) is 0 Å². The Hall–Kier alpha value is -0.420. The molecule has 1 amide bonds. The third kappa shape index (κ3) is 8.57. The molecule has 0 aliphatic rings. The van der Waals surface area contributed by atoms with Crippen LogP contribution in [0.25, 0.3) is 0 Å². The van der Waals surface area contributed by atoms with Gasteiger partial charge in [-0.3, -0.25) is 9.00 Å². The van der Waals surface area contributed by atoms with E-state index < -0.39 is 10.8 Å². The van der Waals surface area contributed by atoms with E-state index in [-0.39, 0.29) is 11.2 Å². The van der Waals surface area contributed by atoms with Gasteiger partial charge in [0.25, 0.3) is 0 Å². The van der Waals surface area contributed by atoms with E-state index in [0.717, 1.165) is 25.9 Å². The maximum absolute atomic E-state index is 11.0. The van der Waals surface area contributed by atoms with Crippen LogP contribution in [0.3, 0.4) is 0 Å². The van der Waals surface area contributed by atoms with Gasteiger partial charge < -0.3 is 10.6 Å². The standard InChI is InChI=1S/C10H22N2O2S/c1-9(15(3)14)6-8-12-7-4-5-10(13)11-2/h9,12H,4-8H2,1-3H3,(H,11,13). The normalized spacial score (nSPS) is 14.6. The van der Waals surface area contributed by atoms with Crippen molar-refractivity contribution in [2.24, 2.45) is 0 Å². The number of hydrogen-bond donors (Lipinski definition) is 2. The van der Waals surface area contributed by atoms with Crippen molar-refractivity contribution in [3.8, 4) is 0 Å². The molecule has 0 aliphatic heterocycles. The van der Waals surface area contributed by atoms with Crippen molar-refractivity contribution in [2.75, 3.05) is 26.4 Å². The van der Waals surface area contributed by atoms with E-state index in [9.17, 15) is 9.00 Å². The van der Waals surface area contributed by atoms with Crippen molar-refractivity contribution in [1.29, 1.82) is 0 Å². The van der Waals surface area contributed by atoms with E-state index in [0.29, 0.717) is 6.42 Å². The Kier molecular flexibility index (Phi) is 8.61. The summed E-state index contributed by atoms with van der Waals surface area (Å²) < 4.78 is 11.0. The Morgan fingerprint density at radius 3 is 2.60 bits per heavy atom. The third-order valence-electron chi connectivity index (χ3n) is 2.33. The lowest BCUT2D eigenvalue weighted by Gasteiger charge is -2.08. The van der Waals surface area contributed by atoms with Crippen LogP contribution >= 0.6 is 0 Å². The Labute approximate surface area is 94.7 Å². The molecule has 0 fully saturated rings. The molecule has 0 saturated heterocycles. The molecule has 0 aliphatic carbocycles. The van der Waals surface area contributed by atoms with Gasteiger partial charge in [0.2, 0.25) is 5.91 Å². The molecule has 2 N–H and O–H groups in total. The van der Waals surface area contributed by atoms with Crippen molar-refractivity contribution in [3.63, 3.8) is 0 Å². The van der Waals surface area contributed by atoms with Crippen LogP contribution in [0.4, 0.5) is 0 Å². The summed E-state index contributed by atoms with van der Waals surface area (Å²) in [4.78, 5) is 10.9. The van der Waals surface area contributed by atoms with E-state index in [1.165, 1.54) is 0 Å². The molecule has 0 heterocycles. The fourth-order valence-electron chi connectivity index (χ4n) is 1.10. The number of rotatable bonds is 8. The molecule has 0 aromatic rings. The van der Waals surface area contributed by atoms with Crippen LogP contribution in [0.15, 0.2) is 0 Å². The van der Waals surface area contributed by atoms with E-state index in [2.05, 4.69) is 10.6 Å². The molecular weight excluding hydrogens is 212 g/mol. The van der Waals surface area contributed by atoms with Gasteiger partial charge in [-0.2, -0.15) is 0 Å². The quantitative estimate of drug-likeness (QED) is 0.592. The van der Waals surface area contributed by atoms with Crippen molar-refractivity contribution in [2.45, 2.75) is 31.4 Å². The van der Waals surface area contributed by atoms with Gasteiger partial charge in [0, 0.05) is 35.8 Å². The monoisotopic (exact) mass is 234 g/mol. The summed E-state index contributed by atoms with van der Waals surface area (Å²) in [6.07, 6.45) is 4.07. The molecule has 15 heavy (non-hydrogen) atoms. The van der Waals surface area contributed by atoms with Crippen molar-refractivity contribution in [1.82, 2.24) is 10.6 Å². The Morgan fingerprint density at radius 2 is 2.07 bits per heavy atom. The van der Waals surface area contributed by atoms with E-state index >= 15 is 0 Å². The molecule has 2 unspecified atom stereocenters. The zero-order valence-corrected chi connectivity index (χ0v) is 10.7. The van der Waals surface area contributed by atoms with Crippen LogP contribution in [0.2, 0.25) is 0 Å². The zero-order valence-electron chi connectivity index (χ0n) is 9.84. The molecule has 0 spiro atoms. The smallest absolute Gasteiger partial charge is 0.219 e. The topological polar surface area (TPSA) is 58.2 Å². The largest absolute Gasteiger partial charge is 0.359 e. The maximum Gasteiger partial charge on any atom is 0.219 e. The molecular formula is C10H22N2O2S. The summed E-state index contributed by atoms with van der Waals surface area (Å²) in [5.41, 5.74) is 0. The van der Waals surface area contributed by atoms with E-state index in [1.807, 2.05) is 6.92 Å². The second kappa shape index (κ2) is 8.85. The summed E-state index contributed by atoms with van der Waals surface area (Å²) in [7, 11) is 0.916. The first-order chi connectivity index (χ1) is 7.07. The van der Waals surface area contributed by atoms with Gasteiger partial charge in [-0.15, -0.1) is 0 Å². The minimum absolute atomic E-state index is 0.0832. The predicted molar refractivity (Wildman–Crippen MR) is 64.3 cm³/mol. The second-order valence-electron chi connectivity index (χ2n) is 3.62. The van der Waals surface area contributed by atoms with Gasteiger partial charge in [-0.25, -0.2) is 0 Å². The van der Waals surface area contributed by atoms with Gasteiger partial charge >= 0.3 is 0 Å². The molecule has 4 nitrogen and oxygen atoms in total. The predicted octanol–water partition coefficient (Wildman–Crippen LogP) is 0.259. The minimum Gasteiger partial charge on any atom is -0.359 e. The van der Waals surface area contributed by atoms with Gasteiger partial charge in [-0.1, -0.05) is 6.92 Å². The van der Waals surface area contributed by atoms with E-state index in [1.54, 1.807) is 13.3 Å². The summed E-state index contributed by atoms with van der Waals surface area (Å²) in [6.45, 7) is 3.70. The first-order valence-electron chi connectivity index (χ1n) is 5.31. The lowest BCUT2D eigenvalue weighted by atomic mass is 10.3. The van der Waals surface area contributed by atoms with Crippen molar-refractivity contribution >= 4 is 16.7 Å². The van der Waals surface area contributed by atoms with Crippen molar-refractivity contribution < 1.29 is 9.00 Å². The summed E-state index contributed by atoms with van der Waals surface area (Å²) >= 11 is 0. The minimum atomic E-state index is -0.730.